The van der Waals surface area contributed by atoms with Crippen LogP contribution in [-0.4, -0.2) is 24.1 Å². The molecular formula is C16H24N2S. The molecule has 2 N–H and O–H groups in total. The molecule has 2 aliphatic heterocycles. The van der Waals surface area contributed by atoms with Crippen molar-refractivity contribution in [3.8, 4) is 0 Å². The maximum atomic E-state index is 3.83. The van der Waals surface area contributed by atoms with E-state index in [0.717, 1.165) is 18.3 Å². The molecule has 0 aromatic heterocycles. The molecule has 0 radical (unpaired) electrons. The van der Waals surface area contributed by atoms with Crippen LogP contribution in [0.1, 0.15) is 42.9 Å². The minimum Gasteiger partial charge on any atom is -0.313 e. The maximum absolute atomic E-state index is 3.83. The van der Waals surface area contributed by atoms with E-state index in [-0.39, 0.29) is 0 Å². The van der Waals surface area contributed by atoms with E-state index in [0.29, 0.717) is 6.04 Å². The molecule has 2 unspecified atom stereocenters. The standard InChI is InChI=1S/C16H24N2S/c1-2-7-15-13(5-1)11-17-9-8-16(15)18-12-14-6-3-4-10-19-14/h1-2,5,7,14,16-18H,3-4,6,8-12H2. The highest BCUT2D eigenvalue weighted by molar-refractivity contribution is 7.99. The van der Waals surface area contributed by atoms with Gasteiger partial charge in [-0.1, -0.05) is 30.7 Å². The average molecular weight is 276 g/mol. The highest BCUT2D eigenvalue weighted by Gasteiger charge is 2.20. The summed E-state index contributed by atoms with van der Waals surface area (Å²) in [5.41, 5.74) is 2.97. The second-order valence-electron chi connectivity index (χ2n) is 5.61. The van der Waals surface area contributed by atoms with Gasteiger partial charge in [-0.2, -0.15) is 11.8 Å². The Bertz CT molecular complexity index is 401. The highest BCUT2D eigenvalue weighted by atomic mass is 32.2. The number of fused-ring (bicyclic) bond motifs is 1. The van der Waals surface area contributed by atoms with Gasteiger partial charge in [-0.3, -0.25) is 0 Å². The first kappa shape index (κ1) is 13.5. The van der Waals surface area contributed by atoms with Crippen molar-refractivity contribution in [1.82, 2.24) is 10.6 Å². The number of hydrogen-bond acceptors (Lipinski definition) is 3. The molecule has 1 aromatic rings. The fourth-order valence-corrected chi connectivity index (χ4v) is 4.37. The van der Waals surface area contributed by atoms with Crippen molar-refractivity contribution < 1.29 is 0 Å². The van der Waals surface area contributed by atoms with Crippen LogP contribution in [0.25, 0.3) is 0 Å². The Labute approximate surface area is 120 Å². The minimum atomic E-state index is 0.536. The van der Waals surface area contributed by atoms with Crippen molar-refractivity contribution in [2.24, 2.45) is 0 Å². The summed E-state index contributed by atoms with van der Waals surface area (Å²) in [4.78, 5) is 0. The summed E-state index contributed by atoms with van der Waals surface area (Å²) >= 11 is 2.16. The van der Waals surface area contributed by atoms with Gasteiger partial charge >= 0.3 is 0 Å². The average Bonchev–Trinajstić information content (AvgIpc) is 2.68. The summed E-state index contributed by atoms with van der Waals surface area (Å²) < 4.78 is 0. The molecule has 3 heteroatoms. The van der Waals surface area contributed by atoms with Crippen LogP contribution < -0.4 is 10.6 Å². The van der Waals surface area contributed by atoms with E-state index in [1.165, 1.54) is 49.1 Å². The number of nitrogens with one attached hydrogen (secondary N) is 2. The van der Waals surface area contributed by atoms with Gasteiger partial charge in [0.2, 0.25) is 0 Å². The van der Waals surface area contributed by atoms with Gasteiger partial charge in [0, 0.05) is 24.4 Å². The van der Waals surface area contributed by atoms with Crippen molar-refractivity contribution in [3.05, 3.63) is 35.4 Å². The van der Waals surface area contributed by atoms with Crippen molar-refractivity contribution in [3.63, 3.8) is 0 Å². The van der Waals surface area contributed by atoms with E-state index in [4.69, 9.17) is 0 Å². The summed E-state index contributed by atoms with van der Waals surface area (Å²) in [6.45, 7) is 3.31. The van der Waals surface area contributed by atoms with E-state index < -0.39 is 0 Å². The van der Waals surface area contributed by atoms with Crippen molar-refractivity contribution in [2.75, 3.05) is 18.8 Å². The molecule has 0 aliphatic carbocycles. The summed E-state index contributed by atoms with van der Waals surface area (Å²) in [5.74, 6) is 1.36. The molecule has 19 heavy (non-hydrogen) atoms. The fourth-order valence-electron chi connectivity index (χ4n) is 3.11. The zero-order chi connectivity index (χ0) is 12.9. The molecule has 1 fully saturated rings. The van der Waals surface area contributed by atoms with E-state index in [9.17, 15) is 0 Å². The van der Waals surface area contributed by atoms with Crippen LogP contribution in [0.2, 0.25) is 0 Å². The Kier molecular flexibility index (Phi) is 4.81. The number of rotatable bonds is 3. The van der Waals surface area contributed by atoms with Crippen molar-refractivity contribution in [2.45, 2.75) is 43.5 Å². The zero-order valence-electron chi connectivity index (χ0n) is 11.5. The van der Waals surface area contributed by atoms with Gasteiger partial charge in [-0.05, 0) is 42.7 Å². The van der Waals surface area contributed by atoms with E-state index >= 15 is 0 Å². The van der Waals surface area contributed by atoms with Crippen LogP contribution in [0, 0.1) is 0 Å². The molecule has 2 atom stereocenters. The van der Waals surface area contributed by atoms with Gasteiger partial charge in [0.15, 0.2) is 0 Å². The third-order valence-electron chi connectivity index (χ3n) is 4.22. The van der Waals surface area contributed by atoms with Crippen LogP contribution >= 0.6 is 11.8 Å². The lowest BCUT2D eigenvalue weighted by molar-refractivity contribution is 0.482. The second kappa shape index (κ2) is 6.78. The van der Waals surface area contributed by atoms with Crippen LogP contribution in [0.15, 0.2) is 24.3 Å². The molecule has 104 valence electrons. The lowest BCUT2D eigenvalue weighted by Crippen LogP contribution is -2.31. The molecule has 0 saturated carbocycles. The first-order valence-corrected chi connectivity index (χ1v) is 8.62. The third-order valence-corrected chi connectivity index (χ3v) is 5.62. The zero-order valence-corrected chi connectivity index (χ0v) is 12.3. The Morgan fingerprint density at radius 3 is 3.05 bits per heavy atom. The number of thioether (sulfide) groups is 1. The largest absolute Gasteiger partial charge is 0.313 e. The van der Waals surface area contributed by atoms with E-state index in [2.05, 4.69) is 46.7 Å². The monoisotopic (exact) mass is 276 g/mol. The Morgan fingerprint density at radius 2 is 2.16 bits per heavy atom. The molecule has 2 aliphatic rings. The lowest BCUT2D eigenvalue weighted by Gasteiger charge is -2.25. The highest BCUT2D eigenvalue weighted by Crippen LogP contribution is 2.27. The molecule has 0 amide bonds. The van der Waals surface area contributed by atoms with Crippen LogP contribution in [0.3, 0.4) is 0 Å². The SMILES string of the molecule is c1ccc2c(c1)CNCCC2NCC1CCCCS1. The van der Waals surface area contributed by atoms with Gasteiger partial charge in [-0.25, -0.2) is 0 Å². The van der Waals surface area contributed by atoms with Crippen molar-refractivity contribution >= 4 is 11.8 Å². The third kappa shape index (κ3) is 3.53. The van der Waals surface area contributed by atoms with Crippen molar-refractivity contribution in [1.29, 1.82) is 0 Å². The normalized spacial score (nSPS) is 27.6. The second-order valence-corrected chi connectivity index (χ2v) is 7.02. The minimum absolute atomic E-state index is 0.536. The molecule has 1 saturated heterocycles. The molecule has 0 bridgehead atoms. The first-order chi connectivity index (χ1) is 9.43. The fraction of sp³-hybridized carbons (Fsp3) is 0.625. The van der Waals surface area contributed by atoms with Crippen LogP contribution in [0.5, 0.6) is 0 Å². The maximum Gasteiger partial charge on any atom is 0.0336 e. The Balaban J connectivity index is 1.63. The predicted molar refractivity (Wildman–Crippen MR) is 83.6 cm³/mol. The quantitative estimate of drug-likeness (QED) is 0.887. The van der Waals surface area contributed by atoms with Gasteiger partial charge in [0.05, 0.1) is 0 Å². The molecule has 2 heterocycles. The van der Waals surface area contributed by atoms with Gasteiger partial charge in [-0.15, -0.1) is 0 Å². The number of benzene rings is 1. The smallest absolute Gasteiger partial charge is 0.0336 e. The topological polar surface area (TPSA) is 24.1 Å². The van der Waals surface area contributed by atoms with Crippen LogP contribution in [-0.2, 0) is 6.54 Å². The Morgan fingerprint density at radius 1 is 1.21 bits per heavy atom. The Hall–Kier alpha value is -0.510. The molecular weight excluding hydrogens is 252 g/mol. The van der Waals surface area contributed by atoms with E-state index in [1.807, 2.05) is 0 Å². The number of hydrogen-bond donors (Lipinski definition) is 2. The summed E-state index contributed by atoms with van der Waals surface area (Å²) in [6, 6.07) is 9.42. The van der Waals surface area contributed by atoms with Gasteiger partial charge in [0.1, 0.15) is 0 Å². The molecule has 3 rings (SSSR count). The molecule has 2 nitrogen and oxygen atoms in total. The van der Waals surface area contributed by atoms with E-state index in [1.54, 1.807) is 0 Å². The summed E-state index contributed by atoms with van der Waals surface area (Å²) in [6.07, 6.45) is 5.43. The summed E-state index contributed by atoms with van der Waals surface area (Å²) in [5, 5.41) is 8.18. The first-order valence-electron chi connectivity index (χ1n) is 7.57. The summed E-state index contributed by atoms with van der Waals surface area (Å²) in [7, 11) is 0. The lowest BCUT2D eigenvalue weighted by atomic mass is 9.99. The predicted octanol–water partition coefficient (Wildman–Crippen LogP) is 3.10. The molecule has 1 aromatic carbocycles. The van der Waals surface area contributed by atoms with Gasteiger partial charge in [0.25, 0.3) is 0 Å². The molecule has 0 spiro atoms. The van der Waals surface area contributed by atoms with Gasteiger partial charge < -0.3 is 10.6 Å². The van der Waals surface area contributed by atoms with Crippen LogP contribution in [0.4, 0.5) is 0 Å².